The maximum Gasteiger partial charge on any atom is 0.179 e. The van der Waals surface area contributed by atoms with Crippen molar-refractivity contribution in [3.05, 3.63) is 35.0 Å². The Labute approximate surface area is 137 Å². The minimum atomic E-state index is 0.225. The zero-order valence-corrected chi connectivity index (χ0v) is 14.1. The molecule has 23 heavy (non-hydrogen) atoms. The van der Waals surface area contributed by atoms with Crippen molar-refractivity contribution in [3.63, 3.8) is 0 Å². The SMILES string of the molecule is C=Cc1c2c(cc3[nH]c(C(=O)CCCC)c(CCC)c13)CCO2. The molecule has 0 atom stereocenters. The monoisotopic (exact) mass is 311 g/mol. The number of benzene rings is 1. The molecule has 0 amide bonds. The van der Waals surface area contributed by atoms with Gasteiger partial charge in [0.05, 0.1) is 12.3 Å². The molecule has 122 valence electrons. The number of hydrogen-bond acceptors (Lipinski definition) is 2. The molecule has 1 N–H and O–H groups in total. The molecule has 2 aromatic rings. The Hall–Kier alpha value is -2.03. The number of carbonyl (C=O) groups excluding carboxylic acids is 1. The Morgan fingerprint density at radius 3 is 2.91 bits per heavy atom. The van der Waals surface area contributed by atoms with E-state index in [1.807, 2.05) is 6.08 Å². The molecule has 0 saturated carbocycles. The van der Waals surface area contributed by atoms with Crippen LogP contribution in [0.5, 0.6) is 5.75 Å². The van der Waals surface area contributed by atoms with E-state index in [1.54, 1.807) is 0 Å². The lowest BCUT2D eigenvalue weighted by Gasteiger charge is -2.08. The van der Waals surface area contributed by atoms with Gasteiger partial charge in [0, 0.05) is 34.9 Å². The van der Waals surface area contributed by atoms with Crippen LogP contribution in [0.25, 0.3) is 17.0 Å². The molecule has 1 aliphatic heterocycles. The normalized spacial score (nSPS) is 13.1. The van der Waals surface area contributed by atoms with Gasteiger partial charge >= 0.3 is 0 Å². The minimum Gasteiger partial charge on any atom is -0.492 e. The Morgan fingerprint density at radius 2 is 2.22 bits per heavy atom. The molecule has 0 fully saturated rings. The first-order valence-corrected chi connectivity index (χ1v) is 8.70. The Morgan fingerprint density at radius 1 is 1.39 bits per heavy atom. The summed E-state index contributed by atoms with van der Waals surface area (Å²) in [5.74, 6) is 1.18. The lowest BCUT2D eigenvalue weighted by molar-refractivity contribution is 0.0975. The maximum atomic E-state index is 12.6. The maximum absolute atomic E-state index is 12.6. The van der Waals surface area contributed by atoms with Crippen molar-refractivity contribution in [2.75, 3.05) is 6.61 Å². The smallest absolute Gasteiger partial charge is 0.179 e. The van der Waals surface area contributed by atoms with Crippen LogP contribution in [0.15, 0.2) is 12.6 Å². The van der Waals surface area contributed by atoms with Crippen LogP contribution in [0.2, 0.25) is 0 Å². The first-order chi connectivity index (χ1) is 11.2. The standard InChI is InChI=1S/C20H25NO2/c1-4-7-9-17(22)19-15(8-5-2)18-14(6-3)20-13(10-11-23-20)12-16(18)21-19/h6,12,21H,3-5,7-11H2,1-2H3. The summed E-state index contributed by atoms with van der Waals surface area (Å²) in [5, 5.41) is 1.13. The third kappa shape index (κ3) is 2.69. The Bertz CT molecular complexity index is 755. The number of fused-ring (bicyclic) bond motifs is 2. The fourth-order valence-corrected chi connectivity index (χ4v) is 3.52. The molecule has 3 heteroatoms. The van der Waals surface area contributed by atoms with Gasteiger partial charge in [-0.15, -0.1) is 0 Å². The number of nitrogens with one attached hydrogen (secondary N) is 1. The third-order valence-electron chi connectivity index (χ3n) is 4.61. The summed E-state index contributed by atoms with van der Waals surface area (Å²) in [6.45, 7) is 8.98. The van der Waals surface area contributed by atoms with Crippen LogP contribution in [0.3, 0.4) is 0 Å². The van der Waals surface area contributed by atoms with Gasteiger partial charge in [0.25, 0.3) is 0 Å². The summed E-state index contributed by atoms with van der Waals surface area (Å²) in [6.07, 6.45) is 7.29. The van der Waals surface area contributed by atoms with Crippen LogP contribution in [-0.4, -0.2) is 17.4 Å². The minimum absolute atomic E-state index is 0.225. The topological polar surface area (TPSA) is 42.1 Å². The molecular weight excluding hydrogens is 286 g/mol. The van der Waals surface area contributed by atoms with Crippen molar-refractivity contribution in [1.29, 1.82) is 0 Å². The number of ketones is 1. The van der Waals surface area contributed by atoms with Crippen LogP contribution in [0, 0.1) is 0 Å². The fraction of sp³-hybridized carbons (Fsp3) is 0.450. The van der Waals surface area contributed by atoms with Crippen LogP contribution in [-0.2, 0) is 12.8 Å². The van der Waals surface area contributed by atoms with Crippen molar-refractivity contribution in [1.82, 2.24) is 4.98 Å². The number of rotatable bonds is 7. The van der Waals surface area contributed by atoms with E-state index in [0.717, 1.165) is 72.2 Å². The summed E-state index contributed by atoms with van der Waals surface area (Å²) in [7, 11) is 0. The van der Waals surface area contributed by atoms with Gasteiger partial charge in [0.15, 0.2) is 5.78 Å². The highest BCUT2D eigenvalue weighted by Gasteiger charge is 2.24. The van der Waals surface area contributed by atoms with Gasteiger partial charge in [-0.1, -0.05) is 39.3 Å². The largest absolute Gasteiger partial charge is 0.492 e. The number of Topliss-reactive ketones (excluding diaryl/α,β-unsaturated/α-hetero) is 1. The Balaban J connectivity index is 2.20. The van der Waals surface area contributed by atoms with E-state index in [-0.39, 0.29) is 5.78 Å². The molecule has 1 aromatic carbocycles. The second-order valence-electron chi connectivity index (χ2n) is 6.26. The number of ether oxygens (including phenoxy) is 1. The highest BCUT2D eigenvalue weighted by Crippen LogP contribution is 2.39. The van der Waals surface area contributed by atoms with Gasteiger partial charge in [-0.05, 0) is 24.5 Å². The second kappa shape index (κ2) is 6.61. The number of aromatic amines is 1. The highest BCUT2D eigenvalue weighted by atomic mass is 16.5. The fourth-order valence-electron chi connectivity index (χ4n) is 3.52. The molecule has 3 rings (SSSR count). The predicted octanol–water partition coefficient (Wildman–Crippen LogP) is 5.07. The van der Waals surface area contributed by atoms with Crippen molar-refractivity contribution >= 4 is 22.8 Å². The van der Waals surface area contributed by atoms with Crippen molar-refractivity contribution in [3.8, 4) is 5.75 Å². The molecule has 0 aliphatic carbocycles. The third-order valence-corrected chi connectivity index (χ3v) is 4.61. The number of unbranched alkanes of at least 4 members (excludes halogenated alkanes) is 1. The first-order valence-electron chi connectivity index (χ1n) is 8.70. The average molecular weight is 311 g/mol. The first kappa shape index (κ1) is 15.9. The van der Waals surface area contributed by atoms with E-state index in [2.05, 4.69) is 31.5 Å². The van der Waals surface area contributed by atoms with E-state index < -0.39 is 0 Å². The molecule has 1 aliphatic rings. The molecular formula is C20H25NO2. The molecule has 0 saturated heterocycles. The van der Waals surface area contributed by atoms with Gasteiger partial charge in [-0.25, -0.2) is 0 Å². The predicted molar refractivity (Wildman–Crippen MR) is 95.4 cm³/mol. The van der Waals surface area contributed by atoms with Crippen LogP contribution < -0.4 is 4.74 Å². The molecule has 0 spiro atoms. The van der Waals surface area contributed by atoms with Crippen LogP contribution >= 0.6 is 0 Å². The molecule has 2 heterocycles. The van der Waals surface area contributed by atoms with Crippen LogP contribution in [0.1, 0.15) is 66.7 Å². The average Bonchev–Trinajstić information content (AvgIpc) is 3.15. The van der Waals surface area contributed by atoms with Gasteiger partial charge in [0.1, 0.15) is 5.75 Å². The summed E-state index contributed by atoms with van der Waals surface area (Å²) in [6, 6.07) is 2.15. The van der Waals surface area contributed by atoms with Crippen molar-refractivity contribution in [2.24, 2.45) is 0 Å². The number of hydrogen-bond donors (Lipinski definition) is 1. The number of aromatic nitrogens is 1. The van der Waals surface area contributed by atoms with Crippen molar-refractivity contribution in [2.45, 2.75) is 52.4 Å². The number of aryl methyl sites for hydroxylation is 1. The Kier molecular flexibility index (Phi) is 4.56. The number of H-pyrrole nitrogens is 1. The summed E-state index contributed by atoms with van der Waals surface area (Å²) in [4.78, 5) is 16.0. The van der Waals surface area contributed by atoms with E-state index in [1.165, 1.54) is 5.56 Å². The highest BCUT2D eigenvalue weighted by molar-refractivity contribution is 6.05. The molecule has 3 nitrogen and oxygen atoms in total. The van der Waals surface area contributed by atoms with E-state index >= 15 is 0 Å². The zero-order chi connectivity index (χ0) is 16.4. The van der Waals surface area contributed by atoms with Gasteiger partial charge in [-0.2, -0.15) is 0 Å². The van der Waals surface area contributed by atoms with Gasteiger partial charge in [0.2, 0.25) is 0 Å². The lowest BCUT2D eigenvalue weighted by atomic mass is 9.96. The van der Waals surface area contributed by atoms with Crippen LogP contribution in [0.4, 0.5) is 0 Å². The summed E-state index contributed by atoms with van der Waals surface area (Å²) >= 11 is 0. The van der Waals surface area contributed by atoms with E-state index in [4.69, 9.17) is 4.74 Å². The quantitative estimate of drug-likeness (QED) is 0.725. The molecule has 1 aromatic heterocycles. The molecule has 0 radical (unpaired) electrons. The summed E-state index contributed by atoms with van der Waals surface area (Å²) in [5.41, 5.74) is 5.24. The number of carbonyl (C=O) groups is 1. The zero-order valence-electron chi connectivity index (χ0n) is 14.1. The second-order valence-corrected chi connectivity index (χ2v) is 6.26. The molecule has 0 unspecified atom stereocenters. The van der Waals surface area contributed by atoms with E-state index in [0.29, 0.717) is 6.42 Å². The summed E-state index contributed by atoms with van der Waals surface area (Å²) < 4.78 is 5.83. The van der Waals surface area contributed by atoms with E-state index in [9.17, 15) is 4.79 Å². The van der Waals surface area contributed by atoms with Gasteiger partial charge < -0.3 is 9.72 Å². The van der Waals surface area contributed by atoms with Gasteiger partial charge in [-0.3, -0.25) is 4.79 Å². The van der Waals surface area contributed by atoms with Crippen molar-refractivity contribution < 1.29 is 9.53 Å². The lowest BCUT2D eigenvalue weighted by Crippen LogP contribution is -2.03. The molecule has 0 bridgehead atoms.